The molecule has 29 heavy (non-hydrogen) atoms. The number of carbonyl (C=O) groups excluding carboxylic acids is 1. The van der Waals surface area contributed by atoms with Crippen LogP contribution in [0.25, 0.3) is 16.0 Å². The highest BCUT2D eigenvalue weighted by atomic mass is 32.2. The third-order valence-electron chi connectivity index (χ3n) is 4.90. The molecule has 0 saturated carbocycles. The smallest absolute Gasteiger partial charge is 0.234 e. The Labute approximate surface area is 175 Å². The first-order valence-electron chi connectivity index (χ1n) is 9.49. The zero-order chi connectivity index (χ0) is 19.6. The molecule has 1 amide bonds. The maximum absolute atomic E-state index is 12.4. The second-order valence-electron chi connectivity index (χ2n) is 6.94. The van der Waals surface area contributed by atoms with E-state index >= 15 is 0 Å². The molecule has 1 saturated heterocycles. The molecule has 4 aromatic rings. The number of imidazole rings is 1. The number of nitrogens with one attached hydrogen (secondary N) is 1. The zero-order valence-electron chi connectivity index (χ0n) is 15.6. The lowest BCUT2D eigenvalue weighted by atomic mass is 9.96. The van der Waals surface area contributed by atoms with Gasteiger partial charge in [-0.2, -0.15) is 0 Å². The fourth-order valence-corrected chi connectivity index (χ4v) is 5.30. The first kappa shape index (κ1) is 18.5. The largest absolute Gasteiger partial charge is 0.381 e. The summed E-state index contributed by atoms with van der Waals surface area (Å²) in [5, 5.41) is 4.62. The van der Waals surface area contributed by atoms with Crippen molar-refractivity contribution in [3.63, 3.8) is 0 Å². The molecule has 148 valence electrons. The minimum absolute atomic E-state index is 0.0313. The third-order valence-corrected chi connectivity index (χ3v) is 6.83. The van der Waals surface area contributed by atoms with Crippen LogP contribution in [0.1, 0.15) is 19.3 Å². The Hall–Kier alpha value is -2.49. The lowest BCUT2D eigenvalue weighted by molar-refractivity contribution is -0.117. The van der Waals surface area contributed by atoms with E-state index in [-0.39, 0.29) is 5.91 Å². The van der Waals surface area contributed by atoms with E-state index < -0.39 is 0 Å². The van der Waals surface area contributed by atoms with Crippen LogP contribution in [0.2, 0.25) is 0 Å². The second-order valence-corrected chi connectivity index (χ2v) is 9.07. The second kappa shape index (κ2) is 8.10. The normalized spacial score (nSPS) is 15.2. The number of aromatic nitrogens is 4. The van der Waals surface area contributed by atoms with Crippen molar-refractivity contribution in [2.75, 3.05) is 18.5 Å². The molecule has 4 heterocycles. The first-order chi connectivity index (χ1) is 14.2. The molecule has 1 aliphatic heterocycles. The monoisotopic (exact) mass is 425 g/mol. The number of nitrogens with zero attached hydrogens (tertiary/aromatic N) is 4. The summed E-state index contributed by atoms with van der Waals surface area (Å²) in [5.41, 5.74) is 0.889. The van der Waals surface area contributed by atoms with Gasteiger partial charge in [-0.05, 0) is 43.0 Å². The van der Waals surface area contributed by atoms with Crippen molar-refractivity contribution in [1.82, 2.24) is 19.4 Å². The fourth-order valence-electron chi connectivity index (χ4n) is 3.41. The molecule has 0 atom stereocenters. The van der Waals surface area contributed by atoms with Gasteiger partial charge in [0.15, 0.2) is 5.13 Å². The van der Waals surface area contributed by atoms with Crippen molar-refractivity contribution in [2.24, 2.45) is 5.92 Å². The molecule has 3 aromatic heterocycles. The molecule has 1 fully saturated rings. The van der Waals surface area contributed by atoms with E-state index in [1.54, 1.807) is 18.0 Å². The average molecular weight is 426 g/mol. The molecule has 9 heteroatoms. The number of amides is 1. The molecule has 5 rings (SSSR count). The molecule has 7 nitrogen and oxygen atoms in total. The van der Waals surface area contributed by atoms with Crippen LogP contribution < -0.4 is 5.32 Å². The van der Waals surface area contributed by atoms with Crippen LogP contribution in [0.4, 0.5) is 5.13 Å². The Morgan fingerprint density at radius 3 is 3.10 bits per heavy atom. The number of hydrogen-bond acceptors (Lipinski definition) is 7. The fraction of sp³-hybridized carbons (Fsp3) is 0.300. The molecular weight excluding hydrogens is 406 g/mol. The molecule has 1 aliphatic rings. The Morgan fingerprint density at radius 2 is 2.21 bits per heavy atom. The van der Waals surface area contributed by atoms with E-state index in [0.717, 1.165) is 46.2 Å². The quantitative estimate of drug-likeness (QED) is 0.515. The lowest BCUT2D eigenvalue weighted by Gasteiger charge is -2.20. The van der Waals surface area contributed by atoms with Crippen molar-refractivity contribution in [1.29, 1.82) is 0 Å². The van der Waals surface area contributed by atoms with E-state index in [0.29, 0.717) is 23.2 Å². The molecular formula is C20H19N5O2S2. The summed E-state index contributed by atoms with van der Waals surface area (Å²) in [6.45, 7) is 1.50. The molecule has 0 radical (unpaired) electrons. The summed E-state index contributed by atoms with van der Waals surface area (Å²) in [4.78, 5) is 26.6. The van der Waals surface area contributed by atoms with Crippen molar-refractivity contribution < 1.29 is 9.53 Å². The highest BCUT2D eigenvalue weighted by molar-refractivity contribution is 7.99. The maximum atomic E-state index is 12.4. The molecule has 0 spiro atoms. The number of fused-ring (bicyclic) bond motifs is 2. The van der Waals surface area contributed by atoms with Crippen LogP contribution >= 0.6 is 23.1 Å². The van der Waals surface area contributed by atoms with Gasteiger partial charge in [0, 0.05) is 36.9 Å². The predicted molar refractivity (Wildman–Crippen MR) is 114 cm³/mol. The van der Waals surface area contributed by atoms with Gasteiger partial charge in [0.25, 0.3) is 0 Å². The zero-order valence-corrected chi connectivity index (χ0v) is 17.2. The number of benzene rings is 1. The SMILES string of the molecule is O=C(CC1CCOCC1)Nc1nc2ccc(Sc3cnc4ncccn34)cc2s1. The summed E-state index contributed by atoms with van der Waals surface area (Å²) in [6.07, 6.45) is 7.95. The molecule has 0 unspecified atom stereocenters. The summed E-state index contributed by atoms with van der Waals surface area (Å²) >= 11 is 3.13. The predicted octanol–water partition coefficient (Wildman–Crippen LogP) is 4.25. The van der Waals surface area contributed by atoms with E-state index in [1.807, 2.05) is 35.0 Å². The van der Waals surface area contributed by atoms with Crippen molar-refractivity contribution in [3.05, 3.63) is 42.9 Å². The molecule has 0 aliphatic carbocycles. The minimum Gasteiger partial charge on any atom is -0.381 e. The molecule has 1 aromatic carbocycles. The molecule has 1 N–H and O–H groups in total. The van der Waals surface area contributed by atoms with Gasteiger partial charge in [-0.15, -0.1) is 0 Å². The summed E-state index contributed by atoms with van der Waals surface area (Å²) in [7, 11) is 0. The summed E-state index contributed by atoms with van der Waals surface area (Å²) in [5.74, 6) is 1.12. The van der Waals surface area contributed by atoms with Gasteiger partial charge in [-0.3, -0.25) is 9.20 Å². The number of carbonyl (C=O) groups is 1. The Morgan fingerprint density at radius 1 is 1.31 bits per heavy atom. The van der Waals surface area contributed by atoms with Crippen LogP contribution in [-0.2, 0) is 9.53 Å². The maximum Gasteiger partial charge on any atom is 0.234 e. The van der Waals surface area contributed by atoms with Gasteiger partial charge in [0.1, 0.15) is 5.03 Å². The van der Waals surface area contributed by atoms with Gasteiger partial charge in [-0.25, -0.2) is 15.0 Å². The van der Waals surface area contributed by atoms with Crippen molar-refractivity contribution >= 4 is 50.1 Å². The van der Waals surface area contributed by atoms with Crippen molar-refractivity contribution in [3.8, 4) is 0 Å². The number of thiazole rings is 1. The van der Waals surface area contributed by atoms with E-state index in [9.17, 15) is 4.79 Å². The Kier molecular flexibility index (Phi) is 5.17. The van der Waals surface area contributed by atoms with Crippen LogP contribution in [0.15, 0.2) is 52.8 Å². The minimum atomic E-state index is 0.0313. The van der Waals surface area contributed by atoms with Crippen LogP contribution in [0.5, 0.6) is 0 Å². The van der Waals surface area contributed by atoms with E-state index in [2.05, 4.69) is 26.3 Å². The number of anilines is 1. The van der Waals surface area contributed by atoms with Gasteiger partial charge < -0.3 is 10.1 Å². The number of hydrogen-bond donors (Lipinski definition) is 1. The highest BCUT2D eigenvalue weighted by Gasteiger charge is 2.18. The van der Waals surface area contributed by atoms with E-state index in [1.165, 1.54) is 11.3 Å². The average Bonchev–Trinajstić information content (AvgIpc) is 3.32. The van der Waals surface area contributed by atoms with Gasteiger partial charge in [-0.1, -0.05) is 23.1 Å². The van der Waals surface area contributed by atoms with Crippen LogP contribution in [0.3, 0.4) is 0 Å². The lowest BCUT2D eigenvalue weighted by Crippen LogP contribution is -2.22. The van der Waals surface area contributed by atoms with Gasteiger partial charge >= 0.3 is 0 Å². The number of rotatable bonds is 5. The van der Waals surface area contributed by atoms with Gasteiger partial charge in [0.2, 0.25) is 11.7 Å². The van der Waals surface area contributed by atoms with Crippen LogP contribution in [0, 0.1) is 5.92 Å². The topological polar surface area (TPSA) is 81.4 Å². The Bertz CT molecular complexity index is 1170. The number of ether oxygens (including phenoxy) is 1. The first-order valence-corrected chi connectivity index (χ1v) is 11.1. The Balaban J connectivity index is 1.30. The summed E-state index contributed by atoms with van der Waals surface area (Å²) < 4.78 is 8.37. The highest BCUT2D eigenvalue weighted by Crippen LogP contribution is 2.33. The van der Waals surface area contributed by atoms with Crippen LogP contribution in [-0.4, -0.2) is 38.5 Å². The summed E-state index contributed by atoms with van der Waals surface area (Å²) in [6, 6.07) is 8.02. The third kappa shape index (κ3) is 4.12. The van der Waals surface area contributed by atoms with E-state index in [4.69, 9.17) is 4.74 Å². The standard InChI is InChI=1S/C20H19N5O2S2/c26-17(10-13-4-8-27-9-5-13)24-20-23-15-3-2-14(11-16(15)29-20)28-18-12-22-19-21-6-1-7-25(18)19/h1-3,6-7,11-13H,4-5,8-10H2,(H,23,24,26). The van der Waals surface area contributed by atoms with Crippen molar-refractivity contribution in [2.45, 2.75) is 29.2 Å². The molecule has 0 bridgehead atoms. The van der Waals surface area contributed by atoms with Gasteiger partial charge in [0.05, 0.1) is 16.4 Å².